The van der Waals surface area contributed by atoms with Crippen LogP contribution in [0.4, 0.5) is 5.82 Å². The van der Waals surface area contributed by atoms with Gasteiger partial charge in [0.2, 0.25) is 0 Å². The van der Waals surface area contributed by atoms with Crippen LogP contribution in [-0.4, -0.2) is 12.1 Å². The van der Waals surface area contributed by atoms with Crippen LogP contribution in [0.2, 0.25) is 5.02 Å². The molecular formula is C19H14BrClN2OS. The molecule has 0 saturated carbocycles. The number of halogens is 2. The molecule has 0 spiro atoms. The van der Waals surface area contributed by atoms with Crippen molar-refractivity contribution in [2.24, 2.45) is 0 Å². The lowest BCUT2D eigenvalue weighted by Gasteiger charge is -2.09. The molecule has 0 unspecified atom stereocenters. The van der Waals surface area contributed by atoms with Crippen molar-refractivity contribution in [2.45, 2.75) is 6.54 Å². The fourth-order valence-electron chi connectivity index (χ4n) is 2.80. The maximum absolute atomic E-state index is 6.38. The second kappa shape index (κ2) is 6.83. The quantitative estimate of drug-likeness (QED) is 0.399. The van der Waals surface area contributed by atoms with Crippen molar-refractivity contribution in [3.05, 3.63) is 63.7 Å². The third-order valence-corrected chi connectivity index (χ3v) is 6.61. The second-order valence-corrected chi connectivity index (χ2v) is 7.86. The smallest absolute Gasteiger partial charge is 0.135 e. The summed E-state index contributed by atoms with van der Waals surface area (Å²) in [6.45, 7) is 0.686. The van der Waals surface area contributed by atoms with Crippen LogP contribution >= 0.6 is 38.9 Å². The molecule has 0 atom stereocenters. The minimum atomic E-state index is 0.686. The Balaban J connectivity index is 1.75. The average Bonchev–Trinajstić information content (AvgIpc) is 3.04. The monoisotopic (exact) mass is 432 g/mol. The minimum absolute atomic E-state index is 0.686. The van der Waals surface area contributed by atoms with E-state index in [0.717, 1.165) is 46.8 Å². The van der Waals surface area contributed by atoms with Crippen LogP contribution < -0.4 is 10.1 Å². The van der Waals surface area contributed by atoms with Crippen LogP contribution in [0.5, 0.6) is 5.75 Å². The van der Waals surface area contributed by atoms with Gasteiger partial charge in [-0.05, 0) is 39.7 Å². The zero-order valence-corrected chi connectivity index (χ0v) is 16.5. The lowest BCUT2D eigenvalue weighted by Crippen LogP contribution is -2.01. The van der Waals surface area contributed by atoms with Gasteiger partial charge >= 0.3 is 0 Å². The molecule has 0 aliphatic rings. The molecule has 2 heterocycles. The van der Waals surface area contributed by atoms with E-state index in [1.165, 1.54) is 0 Å². The first-order valence-electron chi connectivity index (χ1n) is 7.69. The summed E-state index contributed by atoms with van der Waals surface area (Å²) in [6, 6.07) is 14.0. The van der Waals surface area contributed by atoms with Gasteiger partial charge in [-0.25, -0.2) is 4.98 Å². The van der Waals surface area contributed by atoms with E-state index in [4.69, 9.17) is 16.3 Å². The van der Waals surface area contributed by atoms with Gasteiger partial charge in [-0.3, -0.25) is 0 Å². The number of rotatable bonds is 4. The molecule has 0 saturated heterocycles. The normalized spacial score (nSPS) is 11.2. The van der Waals surface area contributed by atoms with E-state index >= 15 is 0 Å². The molecule has 25 heavy (non-hydrogen) atoms. The predicted octanol–water partition coefficient (Wildman–Crippen LogP) is 6.49. The average molecular weight is 434 g/mol. The van der Waals surface area contributed by atoms with Crippen molar-refractivity contribution < 1.29 is 4.74 Å². The van der Waals surface area contributed by atoms with Crippen LogP contribution in [0, 0.1) is 0 Å². The summed E-state index contributed by atoms with van der Waals surface area (Å²) in [7, 11) is 1.67. The Morgan fingerprint density at radius 1 is 1.16 bits per heavy atom. The number of methoxy groups -OCH3 is 1. The van der Waals surface area contributed by atoms with Gasteiger partial charge in [0.05, 0.1) is 26.0 Å². The summed E-state index contributed by atoms with van der Waals surface area (Å²) in [4.78, 5) is 4.59. The molecule has 0 aliphatic heterocycles. The number of ether oxygens (including phenoxy) is 1. The fraction of sp³-hybridized carbons (Fsp3) is 0.105. The van der Waals surface area contributed by atoms with E-state index in [-0.39, 0.29) is 0 Å². The molecule has 2 aromatic carbocycles. The first kappa shape index (κ1) is 16.6. The number of aromatic nitrogens is 1. The van der Waals surface area contributed by atoms with E-state index < -0.39 is 0 Å². The number of benzene rings is 2. The Bertz CT molecular complexity index is 1060. The Morgan fingerprint density at radius 2 is 1.96 bits per heavy atom. The number of thiophene rings is 1. The molecule has 0 bridgehead atoms. The molecular weight excluding hydrogens is 420 g/mol. The Hall–Kier alpha value is -1.82. The standard InChI is InChI=1S/C19H14BrClN2OS/c1-24-12-7-5-11(6-8-12)9-22-19-16-13-3-2-4-15(21)17(13)25-18(16)14(20)10-23-19/h2-8,10H,9H2,1H3,(H,22,23). The number of pyridine rings is 1. The zero-order chi connectivity index (χ0) is 17.4. The van der Waals surface area contributed by atoms with Gasteiger partial charge in [0.25, 0.3) is 0 Å². The molecule has 2 aromatic heterocycles. The highest BCUT2D eigenvalue weighted by Gasteiger charge is 2.15. The van der Waals surface area contributed by atoms with Crippen molar-refractivity contribution in [3.63, 3.8) is 0 Å². The van der Waals surface area contributed by atoms with E-state index in [1.54, 1.807) is 18.4 Å². The fourth-order valence-corrected chi connectivity index (χ4v) is 4.74. The van der Waals surface area contributed by atoms with Gasteiger partial charge in [-0.15, -0.1) is 11.3 Å². The highest BCUT2D eigenvalue weighted by atomic mass is 79.9. The molecule has 0 aliphatic carbocycles. The number of nitrogens with one attached hydrogen (secondary N) is 1. The SMILES string of the molecule is COc1ccc(CNc2ncc(Br)c3sc4c(Cl)cccc4c23)cc1. The molecule has 0 radical (unpaired) electrons. The van der Waals surface area contributed by atoms with Crippen molar-refractivity contribution in [1.82, 2.24) is 4.98 Å². The molecule has 0 fully saturated rings. The predicted molar refractivity (Wildman–Crippen MR) is 110 cm³/mol. The molecule has 0 amide bonds. The number of fused-ring (bicyclic) bond motifs is 3. The molecule has 3 nitrogen and oxygen atoms in total. The Labute approximate surface area is 162 Å². The minimum Gasteiger partial charge on any atom is -0.497 e. The lowest BCUT2D eigenvalue weighted by atomic mass is 10.1. The van der Waals surface area contributed by atoms with E-state index in [1.807, 2.05) is 42.6 Å². The Morgan fingerprint density at radius 3 is 2.72 bits per heavy atom. The van der Waals surface area contributed by atoms with Gasteiger partial charge in [-0.2, -0.15) is 0 Å². The van der Waals surface area contributed by atoms with Gasteiger partial charge in [0.15, 0.2) is 0 Å². The second-order valence-electron chi connectivity index (χ2n) is 5.58. The first-order chi connectivity index (χ1) is 12.2. The van der Waals surface area contributed by atoms with E-state index in [9.17, 15) is 0 Å². The number of nitrogens with zero attached hydrogens (tertiary/aromatic N) is 1. The van der Waals surface area contributed by atoms with Gasteiger partial charge in [-0.1, -0.05) is 35.9 Å². The Kier molecular flexibility index (Phi) is 4.54. The van der Waals surface area contributed by atoms with Gasteiger partial charge < -0.3 is 10.1 Å². The van der Waals surface area contributed by atoms with Crippen LogP contribution in [-0.2, 0) is 6.54 Å². The maximum Gasteiger partial charge on any atom is 0.135 e. The summed E-state index contributed by atoms with van der Waals surface area (Å²) in [5.74, 6) is 1.72. The summed E-state index contributed by atoms with van der Waals surface area (Å²) in [5.41, 5.74) is 1.16. The van der Waals surface area contributed by atoms with E-state index in [0.29, 0.717) is 6.54 Å². The summed E-state index contributed by atoms with van der Waals surface area (Å²) >= 11 is 11.7. The van der Waals surface area contributed by atoms with Crippen LogP contribution in [0.3, 0.4) is 0 Å². The molecule has 6 heteroatoms. The van der Waals surface area contributed by atoms with E-state index in [2.05, 4.69) is 32.3 Å². The third kappa shape index (κ3) is 3.08. The van der Waals surface area contributed by atoms with Crippen molar-refractivity contribution in [3.8, 4) is 5.75 Å². The topological polar surface area (TPSA) is 34.1 Å². The maximum atomic E-state index is 6.38. The van der Waals surface area contributed by atoms with Crippen LogP contribution in [0.25, 0.3) is 20.2 Å². The molecule has 4 rings (SSSR count). The molecule has 4 aromatic rings. The van der Waals surface area contributed by atoms with Gasteiger partial charge in [0, 0.05) is 23.5 Å². The summed E-state index contributed by atoms with van der Waals surface area (Å²) < 4.78 is 8.42. The largest absolute Gasteiger partial charge is 0.497 e. The summed E-state index contributed by atoms with van der Waals surface area (Å²) in [6.07, 6.45) is 1.84. The highest BCUT2D eigenvalue weighted by Crippen LogP contribution is 2.43. The molecule has 126 valence electrons. The van der Waals surface area contributed by atoms with Gasteiger partial charge in [0.1, 0.15) is 11.6 Å². The van der Waals surface area contributed by atoms with Crippen LogP contribution in [0.1, 0.15) is 5.56 Å². The molecule has 1 N–H and O–H groups in total. The number of anilines is 1. The summed E-state index contributed by atoms with van der Waals surface area (Å²) in [5, 5.41) is 6.45. The third-order valence-electron chi connectivity index (χ3n) is 4.05. The number of hydrogen-bond donors (Lipinski definition) is 1. The zero-order valence-electron chi connectivity index (χ0n) is 13.3. The van der Waals surface area contributed by atoms with Crippen molar-refractivity contribution >= 4 is 64.9 Å². The first-order valence-corrected chi connectivity index (χ1v) is 9.68. The van der Waals surface area contributed by atoms with Crippen molar-refractivity contribution in [1.29, 1.82) is 0 Å². The lowest BCUT2D eigenvalue weighted by molar-refractivity contribution is 0.414. The highest BCUT2D eigenvalue weighted by molar-refractivity contribution is 9.10. The number of hydrogen-bond acceptors (Lipinski definition) is 4. The van der Waals surface area contributed by atoms with Crippen molar-refractivity contribution in [2.75, 3.05) is 12.4 Å². The van der Waals surface area contributed by atoms with Crippen LogP contribution in [0.15, 0.2) is 53.1 Å².